The standard InChI is InChI=1S/C14H29N3/c1-3-16-7-4-5-14(6-8-16)17-11-13(10-15)9-12(17)2/h12-14H,3-11,15H2,1-2H3. The summed E-state index contributed by atoms with van der Waals surface area (Å²) in [6.45, 7) is 10.6. The number of nitrogens with two attached hydrogens (primary N) is 1. The largest absolute Gasteiger partial charge is 0.330 e. The zero-order valence-electron chi connectivity index (χ0n) is 11.6. The van der Waals surface area contributed by atoms with Crippen LogP contribution in [0.2, 0.25) is 0 Å². The highest BCUT2D eigenvalue weighted by Crippen LogP contribution is 2.28. The van der Waals surface area contributed by atoms with Crippen LogP contribution in [0, 0.1) is 5.92 Å². The molecule has 3 heteroatoms. The van der Waals surface area contributed by atoms with Crippen LogP contribution in [0.4, 0.5) is 0 Å². The van der Waals surface area contributed by atoms with E-state index in [9.17, 15) is 0 Å². The summed E-state index contributed by atoms with van der Waals surface area (Å²) in [5.74, 6) is 0.746. The Balaban J connectivity index is 1.89. The van der Waals surface area contributed by atoms with E-state index in [2.05, 4.69) is 23.6 Å². The van der Waals surface area contributed by atoms with Gasteiger partial charge in [-0.3, -0.25) is 4.90 Å². The van der Waals surface area contributed by atoms with Gasteiger partial charge in [0, 0.05) is 18.6 Å². The van der Waals surface area contributed by atoms with Crippen LogP contribution >= 0.6 is 0 Å². The fourth-order valence-electron chi connectivity index (χ4n) is 3.64. The summed E-state index contributed by atoms with van der Waals surface area (Å²) in [6.07, 6.45) is 5.42. The lowest BCUT2D eigenvalue weighted by atomic mass is 10.1. The third-order valence-corrected chi connectivity index (χ3v) is 4.75. The molecule has 0 amide bonds. The predicted octanol–water partition coefficient (Wildman–Crippen LogP) is 1.53. The molecule has 3 nitrogen and oxygen atoms in total. The minimum absolute atomic E-state index is 0.746. The van der Waals surface area contributed by atoms with Gasteiger partial charge in [-0.15, -0.1) is 0 Å². The zero-order valence-corrected chi connectivity index (χ0v) is 11.6. The molecule has 2 fully saturated rings. The van der Waals surface area contributed by atoms with Gasteiger partial charge in [0.1, 0.15) is 0 Å². The van der Waals surface area contributed by atoms with Gasteiger partial charge in [0.05, 0.1) is 0 Å². The maximum Gasteiger partial charge on any atom is 0.0111 e. The molecule has 2 saturated heterocycles. The van der Waals surface area contributed by atoms with Crippen molar-refractivity contribution >= 4 is 0 Å². The normalized spacial score (nSPS) is 37.2. The first-order chi connectivity index (χ1) is 8.24. The van der Waals surface area contributed by atoms with Gasteiger partial charge in [-0.1, -0.05) is 6.92 Å². The van der Waals surface area contributed by atoms with E-state index in [0.717, 1.165) is 24.5 Å². The van der Waals surface area contributed by atoms with Gasteiger partial charge in [0.15, 0.2) is 0 Å². The highest BCUT2D eigenvalue weighted by Gasteiger charge is 2.33. The number of rotatable bonds is 3. The molecule has 2 heterocycles. The number of hydrogen-bond acceptors (Lipinski definition) is 3. The number of nitrogens with zero attached hydrogens (tertiary/aromatic N) is 2. The van der Waals surface area contributed by atoms with Crippen LogP contribution in [0.1, 0.15) is 39.5 Å². The number of hydrogen-bond donors (Lipinski definition) is 1. The van der Waals surface area contributed by atoms with E-state index >= 15 is 0 Å². The van der Waals surface area contributed by atoms with Crippen LogP contribution < -0.4 is 5.73 Å². The van der Waals surface area contributed by atoms with Gasteiger partial charge in [0.2, 0.25) is 0 Å². The van der Waals surface area contributed by atoms with Crippen molar-refractivity contribution in [3.8, 4) is 0 Å². The van der Waals surface area contributed by atoms with E-state index in [1.165, 1.54) is 51.9 Å². The number of likely N-dealkylation sites (tertiary alicyclic amines) is 2. The Morgan fingerprint density at radius 3 is 2.71 bits per heavy atom. The molecule has 2 N–H and O–H groups in total. The van der Waals surface area contributed by atoms with Gasteiger partial charge in [0.25, 0.3) is 0 Å². The van der Waals surface area contributed by atoms with Crippen LogP contribution in [0.3, 0.4) is 0 Å². The monoisotopic (exact) mass is 239 g/mol. The predicted molar refractivity (Wildman–Crippen MR) is 73.1 cm³/mol. The van der Waals surface area contributed by atoms with Crippen LogP contribution in [-0.2, 0) is 0 Å². The molecule has 0 saturated carbocycles. The van der Waals surface area contributed by atoms with Gasteiger partial charge >= 0.3 is 0 Å². The maximum absolute atomic E-state index is 5.83. The van der Waals surface area contributed by atoms with Crippen molar-refractivity contribution in [3.63, 3.8) is 0 Å². The summed E-state index contributed by atoms with van der Waals surface area (Å²) in [6, 6.07) is 1.57. The molecular weight excluding hydrogens is 210 g/mol. The Morgan fingerprint density at radius 2 is 2.06 bits per heavy atom. The van der Waals surface area contributed by atoms with Gasteiger partial charge < -0.3 is 10.6 Å². The van der Waals surface area contributed by atoms with Crippen molar-refractivity contribution in [2.45, 2.75) is 51.6 Å². The van der Waals surface area contributed by atoms with Gasteiger partial charge in [-0.25, -0.2) is 0 Å². The Hall–Kier alpha value is -0.120. The molecule has 17 heavy (non-hydrogen) atoms. The molecule has 0 aliphatic carbocycles. The Kier molecular flexibility index (Phi) is 4.83. The first-order valence-electron chi connectivity index (χ1n) is 7.42. The van der Waals surface area contributed by atoms with E-state index in [4.69, 9.17) is 5.73 Å². The second-order valence-electron chi connectivity index (χ2n) is 5.90. The lowest BCUT2D eigenvalue weighted by Crippen LogP contribution is -2.39. The molecule has 0 radical (unpaired) electrons. The molecule has 0 aromatic rings. The van der Waals surface area contributed by atoms with Crippen molar-refractivity contribution in [2.24, 2.45) is 11.7 Å². The fourth-order valence-corrected chi connectivity index (χ4v) is 3.64. The second-order valence-corrected chi connectivity index (χ2v) is 5.90. The first kappa shape index (κ1) is 13.3. The molecule has 100 valence electrons. The summed E-state index contributed by atoms with van der Waals surface area (Å²) in [5.41, 5.74) is 5.83. The first-order valence-corrected chi connectivity index (χ1v) is 7.42. The summed E-state index contributed by atoms with van der Waals surface area (Å²) in [4.78, 5) is 5.35. The second kappa shape index (κ2) is 6.17. The van der Waals surface area contributed by atoms with Crippen molar-refractivity contribution < 1.29 is 0 Å². The molecule has 2 aliphatic rings. The minimum atomic E-state index is 0.746. The zero-order chi connectivity index (χ0) is 12.3. The van der Waals surface area contributed by atoms with Crippen LogP contribution in [0.5, 0.6) is 0 Å². The van der Waals surface area contributed by atoms with Crippen LogP contribution in [0.25, 0.3) is 0 Å². The lowest BCUT2D eigenvalue weighted by Gasteiger charge is -2.30. The highest BCUT2D eigenvalue weighted by molar-refractivity contribution is 4.89. The molecular formula is C14H29N3. The Labute approximate surface area is 106 Å². The molecule has 0 aromatic carbocycles. The van der Waals surface area contributed by atoms with E-state index in [0.29, 0.717) is 0 Å². The summed E-state index contributed by atoms with van der Waals surface area (Å²) < 4.78 is 0. The third kappa shape index (κ3) is 3.21. The third-order valence-electron chi connectivity index (χ3n) is 4.75. The summed E-state index contributed by atoms with van der Waals surface area (Å²) in [5, 5.41) is 0. The lowest BCUT2D eigenvalue weighted by molar-refractivity contribution is 0.168. The quantitative estimate of drug-likeness (QED) is 0.811. The van der Waals surface area contributed by atoms with Gasteiger partial charge in [-0.2, -0.15) is 0 Å². The van der Waals surface area contributed by atoms with E-state index < -0.39 is 0 Å². The maximum atomic E-state index is 5.83. The smallest absolute Gasteiger partial charge is 0.0111 e. The Bertz CT molecular complexity index is 232. The molecule has 0 aromatic heterocycles. The molecule has 3 unspecified atom stereocenters. The molecule has 3 atom stereocenters. The average molecular weight is 239 g/mol. The molecule has 0 spiro atoms. The van der Waals surface area contributed by atoms with Crippen LogP contribution in [0.15, 0.2) is 0 Å². The van der Waals surface area contributed by atoms with Crippen LogP contribution in [-0.4, -0.2) is 54.6 Å². The topological polar surface area (TPSA) is 32.5 Å². The van der Waals surface area contributed by atoms with Crippen molar-refractivity contribution in [1.82, 2.24) is 9.80 Å². The summed E-state index contributed by atoms with van der Waals surface area (Å²) in [7, 11) is 0. The van der Waals surface area contributed by atoms with Crippen molar-refractivity contribution in [3.05, 3.63) is 0 Å². The minimum Gasteiger partial charge on any atom is -0.330 e. The van der Waals surface area contributed by atoms with Crippen molar-refractivity contribution in [1.29, 1.82) is 0 Å². The van der Waals surface area contributed by atoms with E-state index in [1.807, 2.05) is 0 Å². The molecule has 0 bridgehead atoms. The summed E-state index contributed by atoms with van der Waals surface area (Å²) >= 11 is 0. The van der Waals surface area contributed by atoms with E-state index in [1.54, 1.807) is 0 Å². The average Bonchev–Trinajstić information content (AvgIpc) is 2.58. The SMILES string of the molecule is CCN1CCCC(N2CC(CN)CC2C)CC1. The Morgan fingerprint density at radius 1 is 1.24 bits per heavy atom. The highest BCUT2D eigenvalue weighted by atomic mass is 15.2. The fraction of sp³-hybridized carbons (Fsp3) is 1.00. The molecule has 2 rings (SSSR count). The van der Waals surface area contributed by atoms with Crippen molar-refractivity contribution in [2.75, 3.05) is 32.7 Å². The van der Waals surface area contributed by atoms with Gasteiger partial charge in [-0.05, 0) is 64.7 Å². The van der Waals surface area contributed by atoms with E-state index in [-0.39, 0.29) is 0 Å². The molecule has 2 aliphatic heterocycles.